The second-order valence-corrected chi connectivity index (χ2v) is 4.89. The van der Waals surface area contributed by atoms with E-state index >= 15 is 0 Å². The molecule has 0 aliphatic rings. The molecule has 0 amide bonds. The van der Waals surface area contributed by atoms with Crippen LogP contribution in [0.2, 0.25) is 0 Å². The number of aliphatic hydroxyl groups excluding tert-OH is 1. The van der Waals surface area contributed by atoms with Gasteiger partial charge in [-0.05, 0) is 24.6 Å². The Morgan fingerprint density at radius 2 is 2.14 bits per heavy atom. The topological polar surface area (TPSA) is 75.3 Å². The Balaban J connectivity index is 2.58. The van der Waals surface area contributed by atoms with Crippen molar-refractivity contribution in [3.05, 3.63) is 29.6 Å². The van der Waals surface area contributed by atoms with Crippen LogP contribution in [-0.2, 0) is 13.0 Å². The van der Waals surface area contributed by atoms with Gasteiger partial charge in [0.2, 0.25) is 0 Å². The van der Waals surface area contributed by atoms with Crippen LogP contribution >= 0.6 is 0 Å². The van der Waals surface area contributed by atoms with Crippen LogP contribution in [0.4, 0.5) is 8.78 Å². The molecule has 0 saturated carbocycles. The third-order valence-electron chi connectivity index (χ3n) is 3.17. The highest BCUT2D eigenvalue weighted by molar-refractivity contribution is 5.92. The Labute approximate surface area is 119 Å². The van der Waals surface area contributed by atoms with Crippen LogP contribution in [0.15, 0.2) is 18.2 Å². The van der Waals surface area contributed by atoms with Crippen molar-refractivity contribution in [3.63, 3.8) is 0 Å². The first-order chi connectivity index (χ1) is 9.88. The average Bonchev–Trinajstić information content (AvgIpc) is 2.76. The molecule has 0 saturated heterocycles. The summed E-state index contributed by atoms with van der Waals surface area (Å²) in [5, 5.41) is 17.8. The maximum absolute atomic E-state index is 13.5. The zero-order chi connectivity index (χ0) is 15.6. The molecule has 0 radical (unpaired) electrons. The molecular formula is C14H16F2N2O3. The van der Waals surface area contributed by atoms with Crippen molar-refractivity contribution >= 4 is 17.0 Å². The highest BCUT2D eigenvalue weighted by Gasteiger charge is 2.30. The van der Waals surface area contributed by atoms with Gasteiger partial charge >= 0.3 is 5.97 Å². The number of benzene rings is 1. The van der Waals surface area contributed by atoms with Crippen LogP contribution in [0.3, 0.4) is 0 Å². The lowest BCUT2D eigenvalue weighted by atomic mass is 10.2. The zero-order valence-corrected chi connectivity index (χ0v) is 11.5. The van der Waals surface area contributed by atoms with E-state index in [2.05, 4.69) is 4.98 Å². The predicted octanol–water partition coefficient (Wildman–Crippen LogP) is 2.31. The summed E-state index contributed by atoms with van der Waals surface area (Å²) in [7, 11) is 0. The number of aromatic carboxylic acids is 1. The highest BCUT2D eigenvalue weighted by atomic mass is 19.3. The van der Waals surface area contributed by atoms with E-state index in [0.29, 0.717) is 23.3 Å². The Morgan fingerprint density at radius 3 is 2.71 bits per heavy atom. The minimum atomic E-state index is -3.28. The molecule has 0 atom stereocenters. The van der Waals surface area contributed by atoms with E-state index in [-0.39, 0.29) is 5.56 Å². The van der Waals surface area contributed by atoms with Crippen LogP contribution in [0.25, 0.3) is 11.0 Å². The molecule has 0 bridgehead atoms. The summed E-state index contributed by atoms with van der Waals surface area (Å²) >= 11 is 0. The smallest absolute Gasteiger partial charge is 0.335 e. The molecule has 7 heteroatoms. The Kier molecular flexibility index (Phi) is 4.22. The van der Waals surface area contributed by atoms with E-state index in [4.69, 9.17) is 10.2 Å². The fraction of sp³-hybridized carbons (Fsp3) is 0.429. The zero-order valence-electron chi connectivity index (χ0n) is 11.5. The van der Waals surface area contributed by atoms with Gasteiger partial charge in [-0.2, -0.15) is 0 Å². The van der Waals surface area contributed by atoms with Crippen LogP contribution in [0, 0.1) is 0 Å². The largest absolute Gasteiger partial charge is 0.478 e. The van der Waals surface area contributed by atoms with Crippen molar-refractivity contribution in [2.45, 2.75) is 32.2 Å². The number of aromatic nitrogens is 2. The third kappa shape index (κ3) is 3.18. The van der Waals surface area contributed by atoms with E-state index in [9.17, 15) is 13.6 Å². The molecule has 21 heavy (non-hydrogen) atoms. The molecule has 0 spiro atoms. The number of carbonyl (C=O) groups is 1. The fourth-order valence-electron chi connectivity index (χ4n) is 2.18. The molecule has 1 aromatic heterocycles. The first-order valence-electron chi connectivity index (χ1n) is 6.59. The van der Waals surface area contributed by atoms with Crippen molar-refractivity contribution in [2.75, 3.05) is 6.61 Å². The van der Waals surface area contributed by atoms with Crippen LogP contribution in [0.5, 0.6) is 0 Å². The Hall–Kier alpha value is -2.02. The van der Waals surface area contributed by atoms with Gasteiger partial charge in [-0.1, -0.05) is 6.92 Å². The molecular weight excluding hydrogens is 282 g/mol. The number of imidazole rings is 1. The van der Waals surface area contributed by atoms with Gasteiger partial charge in [0.05, 0.1) is 23.1 Å². The fourth-order valence-corrected chi connectivity index (χ4v) is 2.18. The molecule has 1 heterocycles. The summed E-state index contributed by atoms with van der Waals surface area (Å²) in [5.74, 6) is -3.95. The van der Waals surface area contributed by atoms with Gasteiger partial charge in [0, 0.05) is 6.42 Å². The van der Waals surface area contributed by atoms with E-state index < -0.39 is 25.0 Å². The summed E-state index contributed by atoms with van der Waals surface area (Å²) in [6, 6.07) is 4.23. The van der Waals surface area contributed by atoms with Crippen LogP contribution in [-0.4, -0.2) is 38.3 Å². The number of rotatable bonds is 6. The number of fused-ring (bicyclic) bond motifs is 1. The van der Waals surface area contributed by atoms with Crippen molar-refractivity contribution in [1.29, 1.82) is 0 Å². The normalized spacial score (nSPS) is 12.0. The van der Waals surface area contributed by atoms with Gasteiger partial charge in [-0.15, -0.1) is 0 Å². The summed E-state index contributed by atoms with van der Waals surface area (Å²) in [6.45, 7) is -0.0915. The SMILES string of the molecule is CCCc1nc2ccc(C(=O)O)cc2n1CC(F)(F)CO. The first kappa shape index (κ1) is 15.4. The van der Waals surface area contributed by atoms with Crippen molar-refractivity contribution in [1.82, 2.24) is 9.55 Å². The van der Waals surface area contributed by atoms with Gasteiger partial charge in [-0.3, -0.25) is 0 Å². The molecule has 0 unspecified atom stereocenters. The van der Waals surface area contributed by atoms with Gasteiger partial charge in [0.15, 0.2) is 0 Å². The second kappa shape index (κ2) is 5.77. The summed E-state index contributed by atoms with van der Waals surface area (Å²) in [4.78, 5) is 15.3. The Bertz CT molecular complexity index is 668. The minimum Gasteiger partial charge on any atom is -0.478 e. The molecule has 2 rings (SSSR count). The van der Waals surface area contributed by atoms with Gasteiger partial charge in [0.1, 0.15) is 12.4 Å². The molecule has 1 aromatic carbocycles. The highest BCUT2D eigenvalue weighted by Crippen LogP contribution is 2.24. The molecule has 0 aliphatic heterocycles. The maximum atomic E-state index is 13.5. The Morgan fingerprint density at radius 1 is 1.43 bits per heavy atom. The summed E-state index contributed by atoms with van der Waals surface area (Å²) < 4.78 is 28.3. The lowest BCUT2D eigenvalue weighted by molar-refractivity contribution is -0.0626. The predicted molar refractivity (Wildman–Crippen MR) is 72.7 cm³/mol. The van der Waals surface area contributed by atoms with Crippen molar-refractivity contribution in [3.8, 4) is 0 Å². The standard InChI is InChI=1S/C14H16F2N2O3/c1-2-3-12-17-10-5-4-9(13(20)21)6-11(10)18(12)7-14(15,16)8-19/h4-6,19H,2-3,7-8H2,1H3,(H,20,21). The molecule has 2 aromatic rings. The van der Waals surface area contributed by atoms with Crippen LogP contribution < -0.4 is 0 Å². The number of carboxylic acids is 1. The second-order valence-electron chi connectivity index (χ2n) is 4.89. The van der Waals surface area contributed by atoms with Gasteiger partial charge in [-0.25, -0.2) is 18.6 Å². The number of nitrogens with zero attached hydrogens (tertiary/aromatic N) is 2. The number of carboxylic acid groups (broad SMARTS) is 1. The van der Waals surface area contributed by atoms with Gasteiger partial charge in [0.25, 0.3) is 5.92 Å². The summed E-state index contributed by atoms with van der Waals surface area (Å²) in [6.07, 6.45) is 1.22. The number of halogens is 2. The monoisotopic (exact) mass is 298 g/mol. The number of alkyl halides is 2. The van der Waals surface area contributed by atoms with E-state index in [1.54, 1.807) is 0 Å². The van der Waals surface area contributed by atoms with Crippen molar-refractivity contribution < 1.29 is 23.8 Å². The third-order valence-corrected chi connectivity index (χ3v) is 3.17. The lowest BCUT2D eigenvalue weighted by Gasteiger charge is -2.16. The van der Waals surface area contributed by atoms with E-state index in [1.807, 2.05) is 6.92 Å². The molecule has 5 nitrogen and oxygen atoms in total. The molecule has 2 N–H and O–H groups in total. The van der Waals surface area contributed by atoms with Crippen molar-refractivity contribution in [2.24, 2.45) is 0 Å². The number of hydrogen-bond donors (Lipinski definition) is 2. The molecule has 0 fully saturated rings. The lowest BCUT2D eigenvalue weighted by Crippen LogP contribution is -2.28. The number of aryl methyl sites for hydroxylation is 1. The molecule has 0 aliphatic carbocycles. The summed E-state index contributed by atoms with van der Waals surface area (Å²) in [5.41, 5.74) is 0.822. The first-order valence-corrected chi connectivity index (χ1v) is 6.59. The van der Waals surface area contributed by atoms with E-state index in [0.717, 1.165) is 6.42 Å². The van der Waals surface area contributed by atoms with Crippen LogP contribution in [0.1, 0.15) is 29.5 Å². The minimum absolute atomic E-state index is 0.0130. The van der Waals surface area contributed by atoms with Gasteiger partial charge < -0.3 is 14.8 Å². The van der Waals surface area contributed by atoms with E-state index in [1.165, 1.54) is 22.8 Å². The molecule has 114 valence electrons. The number of aliphatic hydroxyl groups is 1. The average molecular weight is 298 g/mol. The quantitative estimate of drug-likeness (QED) is 0.858. The number of hydrogen-bond acceptors (Lipinski definition) is 3. The maximum Gasteiger partial charge on any atom is 0.335 e.